The predicted octanol–water partition coefficient (Wildman–Crippen LogP) is 2.51. The number of aromatic nitrogens is 3. The van der Waals surface area contributed by atoms with Gasteiger partial charge >= 0.3 is 0 Å². The summed E-state index contributed by atoms with van der Waals surface area (Å²) in [6, 6.07) is 5.28. The number of hydrogen-bond donors (Lipinski definition) is 1. The molecule has 2 heterocycles. The van der Waals surface area contributed by atoms with Crippen LogP contribution in [0.3, 0.4) is 0 Å². The maximum atomic E-state index is 5.73. The van der Waals surface area contributed by atoms with Crippen molar-refractivity contribution in [3.63, 3.8) is 0 Å². The lowest BCUT2D eigenvalue weighted by atomic mass is 10.3. The number of nitrogens with zero attached hydrogens (tertiary/aromatic N) is 3. The molecule has 0 aliphatic carbocycles. The first-order valence-corrected chi connectivity index (χ1v) is 5.92. The molecule has 2 N–H and O–H groups in total. The highest BCUT2D eigenvalue weighted by Crippen LogP contribution is 2.22. The fraction of sp³-hybridized carbons (Fsp3) is 0.308. The Morgan fingerprint density at radius 3 is 2.89 bits per heavy atom. The van der Waals surface area contributed by atoms with Crippen molar-refractivity contribution in [3.8, 4) is 11.6 Å². The van der Waals surface area contributed by atoms with Crippen molar-refractivity contribution in [1.29, 1.82) is 0 Å². The number of rotatable bonds is 4. The molecule has 0 aliphatic heterocycles. The van der Waals surface area contributed by atoms with Crippen LogP contribution in [-0.4, -0.2) is 15.0 Å². The molecule has 0 saturated carbocycles. The van der Waals surface area contributed by atoms with Gasteiger partial charge in [-0.15, -0.1) is 0 Å². The average molecular weight is 244 g/mol. The second-order valence-electron chi connectivity index (χ2n) is 3.99. The van der Waals surface area contributed by atoms with Gasteiger partial charge in [0.05, 0.1) is 5.69 Å². The molecule has 0 radical (unpaired) electrons. The molecule has 0 saturated heterocycles. The molecule has 0 spiro atoms. The first-order valence-electron chi connectivity index (χ1n) is 5.92. The van der Waals surface area contributed by atoms with Crippen LogP contribution in [0.15, 0.2) is 24.4 Å². The summed E-state index contributed by atoms with van der Waals surface area (Å²) in [5, 5.41) is 0. The third-order valence-electron chi connectivity index (χ3n) is 2.42. The van der Waals surface area contributed by atoms with E-state index in [-0.39, 0.29) is 0 Å². The van der Waals surface area contributed by atoms with E-state index in [2.05, 4.69) is 21.9 Å². The van der Waals surface area contributed by atoms with Crippen molar-refractivity contribution >= 4 is 5.82 Å². The number of nitrogen functional groups attached to an aromatic ring is 1. The topological polar surface area (TPSA) is 73.9 Å². The van der Waals surface area contributed by atoms with Crippen molar-refractivity contribution in [2.75, 3.05) is 5.73 Å². The molecule has 5 heteroatoms. The van der Waals surface area contributed by atoms with Gasteiger partial charge in [-0.1, -0.05) is 6.92 Å². The lowest BCUT2D eigenvalue weighted by Crippen LogP contribution is -2.02. The molecule has 2 rings (SSSR count). The van der Waals surface area contributed by atoms with Crippen molar-refractivity contribution < 1.29 is 4.74 Å². The van der Waals surface area contributed by atoms with Gasteiger partial charge in [0.25, 0.3) is 0 Å². The second-order valence-corrected chi connectivity index (χ2v) is 3.99. The molecule has 2 aromatic heterocycles. The third-order valence-corrected chi connectivity index (χ3v) is 2.42. The number of pyridine rings is 1. The summed E-state index contributed by atoms with van der Waals surface area (Å²) in [5.74, 6) is 2.26. The minimum absolute atomic E-state index is 0.421. The molecule has 0 aliphatic rings. The van der Waals surface area contributed by atoms with Crippen LogP contribution in [0.4, 0.5) is 5.82 Å². The van der Waals surface area contributed by atoms with Crippen LogP contribution in [0.25, 0.3) is 0 Å². The normalized spacial score (nSPS) is 10.3. The molecule has 2 aromatic rings. The average Bonchev–Trinajstić information content (AvgIpc) is 2.32. The summed E-state index contributed by atoms with van der Waals surface area (Å²) >= 11 is 0. The van der Waals surface area contributed by atoms with Gasteiger partial charge in [-0.3, -0.25) is 4.98 Å². The van der Waals surface area contributed by atoms with Crippen LogP contribution < -0.4 is 10.5 Å². The van der Waals surface area contributed by atoms with Crippen LogP contribution in [0.2, 0.25) is 0 Å². The van der Waals surface area contributed by atoms with E-state index >= 15 is 0 Å². The molecule has 5 nitrogen and oxygen atoms in total. The number of hydrogen-bond acceptors (Lipinski definition) is 5. The van der Waals surface area contributed by atoms with Gasteiger partial charge in [0.1, 0.15) is 11.6 Å². The first-order chi connectivity index (χ1) is 8.69. The highest BCUT2D eigenvalue weighted by Gasteiger charge is 2.06. The molecule has 18 heavy (non-hydrogen) atoms. The Bertz CT molecular complexity index is 542. The fourth-order valence-electron chi connectivity index (χ4n) is 1.57. The summed E-state index contributed by atoms with van der Waals surface area (Å²) in [7, 11) is 0. The molecular formula is C13H16N4O. The molecule has 0 amide bonds. The minimum atomic E-state index is 0.421. The van der Waals surface area contributed by atoms with Crippen molar-refractivity contribution in [2.24, 2.45) is 0 Å². The van der Waals surface area contributed by atoms with Crippen molar-refractivity contribution in [2.45, 2.75) is 26.7 Å². The fourth-order valence-corrected chi connectivity index (χ4v) is 1.57. The Kier molecular flexibility index (Phi) is 3.72. The van der Waals surface area contributed by atoms with E-state index in [0.29, 0.717) is 23.3 Å². The zero-order chi connectivity index (χ0) is 13.0. The Hall–Kier alpha value is -2.17. The van der Waals surface area contributed by atoms with Crippen LogP contribution in [-0.2, 0) is 6.42 Å². The van der Waals surface area contributed by atoms with E-state index in [0.717, 1.165) is 18.5 Å². The maximum Gasteiger partial charge on any atom is 0.224 e. The third kappa shape index (κ3) is 2.94. The van der Waals surface area contributed by atoms with Crippen molar-refractivity contribution in [3.05, 3.63) is 35.9 Å². The summed E-state index contributed by atoms with van der Waals surface area (Å²) < 4.78 is 5.68. The molecular weight excluding hydrogens is 228 g/mol. The highest BCUT2D eigenvalue weighted by molar-refractivity contribution is 5.36. The van der Waals surface area contributed by atoms with E-state index in [1.54, 1.807) is 12.3 Å². The summed E-state index contributed by atoms with van der Waals surface area (Å²) in [6.07, 6.45) is 3.47. The molecule has 94 valence electrons. The zero-order valence-electron chi connectivity index (χ0n) is 10.6. The first kappa shape index (κ1) is 12.3. The van der Waals surface area contributed by atoms with Crippen LogP contribution in [0.1, 0.15) is 24.9 Å². The van der Waals surface area contributed by atoms with E-state index < -0.39 is 0 Å². The van der Waals surface area contributed by atoms with Gasteiger partial charge in [-0.05, 0) is 25.5 Å². The Labute approximate surface area is 106 Å². The predicted molar refractivity (Wildman–Crippen MR) is 69.5 cm³/mol. The van der Waals surface area contributed by atoms with E-state index in [1.807, 2.05) is 19.1 Å². The lowest BCUT2D eigenvalue weighted by molar-refractivity contribution is 0.452. The smallest absolute Gasteiger partial charge is 0.224 e. The summed E-state index contributed by atoms with van der Waals surface area (Å²) in [4.78, 5) is 12.6. The Balaban J connectivity index is 2.26. The SMILES string of the molecule is CCCc1nc(N)cc(Oc2cccnc2C)n1. The largest absolute Gasteiger partial charge is 0.437 e. The van der Waals surface area contributed by atoms with E-state index in [1.165, 1.54) is 0 Å². The van der Waals surface area contributed by atoms with Crippen LogP contribution in [0.5, 0.6) is 11.6 Å². The monoisotopic (exact) mass is 244 g/mol. The molecule has 0 atom stereocenters. The number of nitrogens with two attached hydrogens (primary N) is 1. The van der Waals surface area contributed by atoms with E-state index in [4.69, 9.17) is 10.5 Å². The number of anilines is 1. The van der Waals surface area contributed by atoms with Gasteiger partial charge in [0.15, 0.2) is 5.75 Å². The van der Waals surface area contributed by atoms with Gasteiger partial charge in [-0.25, -0.2) is 4.98 Å². The maximum absolute atomic E-state index is 5.73. The number of aryl methyl sites for hydroxylation is 2. The quantitative estimate of drug-likeness (QED) is 0.894. The zero-order valence-corrected chi connectivity index (χ0v) is 10.6. The van der Waals surface area contributed by atoms with Crippen LogP contribution in [0, 0.1) is 6.92 Å². The van der Waals surface area contributed by atoms with Gasteiger partial charge in [0, 0.05) is 18.7 Å². The van der Waals surface area contributed by atoms with Crippen molar-refractivity contribution in [1.82, 2.24) is 15.0 Å². The molecule has 0 bridgehead atoms. The standard InChI is InChI=1S/C13H16N4O/c1-3-5-12-16-11(14)8-13(17-12)18-10-6-4-7-15-9(10)2/h4,6-8H,3,5H2,1-2H3,(H2,14,16,17). The van der Waals surface area contributed by atoms with Gasteiger partial charge in [0.2, 0.25) is 5.88 Å². The van der Waals surface area contributed by atoms with Crippen LogP contribution >= 0.6 is 0 Å². The molecule has 0 aromatic carbocycles. The summed E-state index contributed by atoms with van der Waals surface area (Å²) in [5.41, 5.74) is 6.55. The minimum Gasteiger partial charge on any atom is -0.437 e. The number of ether oxygens (including phenoxy) is 1. The second kappa shape index (κ2) is 5.44. The Morgan fingerprint density at radius 2 is 2.17 bits per heavy atom. The highest BCUT2D eigenvalue weighted by atomic mass is 16.5. The summed E-state index contributed by atoms with van der Waals surface area (Å²) in [6.45, 7) is 3.95. The van der Waals surface area contributed by atoms with Gasteiger partial charge in [-0.2, -0.15) is 4.98 Å². The Morgan fingerprint density at radius 1 is 1.33 bits per heavy atom. The molecule has 0 fully saturated rings. The van der Waals surface area contributed by atoms with E-state index in [9.17, 15) is 0 Å². The van der Waals surface area contributed by atoms with Gasteiger partial charge < -0.3 is 10.5 Å². The lowest BCUT2D eigenvalue weighted by Gasteiger charge is -2.08. The molecule has 0 unspecified atom stereocenters.